The molecule has 5 heteroatoms. The number of nitrogens with zero attached hydrogens (tertiary/aromatic N) is 2. The van der Waals surface area contributed by atoms with Crippen LogP contribution >= 0.6 is 0 Å². The largest absolute Gasteiger partial charge is 0.369 e. The van der Waals surface area contributed by atoms with Gasteiger partial charge < -0.3 is 10.6 Å². The summed E-state index contributed by atoms with van der Waals surface area (Å²) in [6.45, 7) is 7.06. The first-order chi connectivity index (χ1) is 9.17. The maximum absolute atomic E-state index is 11.8. The zero-order chi connectivity index (χ0) is 14.1. The lowest BCUT2D eigenvalue weighted by atomic mass is 10.2. The quantitative estimate of drug-likeness (QED) is 0.708. The van der Waals surface area contributed by atoms with Crippen LogP contribution in [0.5, 0.6) is 0 Å². The minimum absolute atomic E-state index is 0.154. The topological polar surface area (TPSA) is 66.9 Å². The molecule has 1 unspecified atom stereocenters. The molecule has 1 aromatic heterocycles. The molecule has 0 spiro atoms. The molecule has 106 valence electrons. The van der Waals surface area contributed by atoms with Crippen molar-refractivity contribution < 1.29 is 4.79 Å². The second-order valence-corrected chi connectivity index (χ2v) is 4.72. The third-order valence-corrected chi connectivity index (χ3v) is 2.97. The summed E-state index contributed by atoms with van der Waals surface area (Å²) in [5.41, 5.74) is 0.361. The van der Waals surface area contributed by atoms with Crippen LogP contribution in [0.3, 0.4) is 0 Å². The number of carbonyl (C=O) groups is 1. The molecule has 0 radical (unpaired) electrons. The Bertz CT molecular complexity index is 378. The highest BCUT2D eigenvalue weighted by molar-refractivity contribution is 5.92. The second kappa shape index (κ2) is 8.45. The average Bonchev–Trinajstić information content (AvgIpc) is 2.44. The van der Waals surface area contributed by atoms with Crippen LogP contribution in [0.2, 0.25) is 0 Å². The van der Waals surface area contributed by atoms with E-state index in [1.807, 2.05) is 13.8 Å². The van der Waals surface area contributed by atoms with Gasteiger partial charge >= 0.3 is 0 Å². The molecule has 19 heavy (non-hydrogen) atoms. The zero-order valence-corrected chi connectivity index (χ0v) is 12.1. The van der Waals surface area contributed by atoms with Gasteiger partial charge in [0.25, 0.3) is 5.91 Å². The molecule has 0 aliphatic carbocycles. The van der Waals surface area contributed by atoms with Crippen molar-refractivity contribution in [1.82, 2.24) is 15.5 Å². The van der Waals surface area contributed by atoms with Crippen LogP contribution in [0.4, 0.5) is 5.82 Å². The van der Waals surface area contributed by atoms with E-state index in [4.69, 9.17) is 0 Å². The molecule has 0 aliphatic rings. The van der Waals surface area contributed by atoms with Gasteiger partial charge in [0.2, 0.25) is 0 Å². The summed E-state index contributed by atoms with van der Waals surface area (Å²) < 4.78 is 0. The van der Waals surface area contributed by atoms with Gasteiger partial charge in [0.1, 0.15) is 5.82 Å². The molecule has 1 rings (SSSR count). The average molecular weight is 264 g/mol. The number of hydrogen-bond acceptors (Lipinski definition) is 4. The van der Waals surface area contributed by atoms with Crippen LogP contribution in [0.25, 0.3) is 0 Å². The highest BCUT2D eigenvalue weighted by Crippen LogP contribution is 2.04. The number of unbranched alkanes of at least 4 members (excludes halogenated alkanes) is 2. The maximum atomic E-state index is 11.8. The van der Waals surface area contributed by atoms with Gasteiger partial charge in [-0.25, -0.2) is 0 Å². The Balaban J connectivity index is 2.44. The Labute approximate surface area is 115 Å². The molecule has 0 saturated heterocycles. The molecule has 0 saturated carbocycles. The van der Waals surface area contributed by atoms with E-state index in [-0.39, 0.29) is 11.9 Å². The van der Waals surface area contributed by atoms with Crippen molar-refractivity contribution in [3.8, 4) is 0 Å². The predicted octanol–water partition coefficient (Wildman–Crippen LogP) is 2.61. The first-order valence-electron chi connectivity index (χ1n) is 7.05. The SMILES string of the molecule is CCCCCNc1ccc(C(=O)NC(C)CC)nn1. The fraction of sp³-hybridized carbons (Fsp3) is 0.643. The van der Waals surface area contributed by atoms with Crippen molar-refractivity contribution in [2.45, 2.75) is 52.5 Å². The Kier molecular flexibility index (Phi) is 6.85. The van der Waals surface area contributed by atoms with Gasteiger partial charge in [-0.1, -0.05) is 26.7 Å². The van der Waals surface area contributed by atoms with E-state index in [2.05, 4.69) is 27.8 Å². The zero-order valence-electron chi connectivity index (χ0n) is 12.1. The summed E-state index contributed by atoms with van der Waals surface area (Å²) in [7, 11) is 0. The minimum atomic E-state index is -0.167. The molecular formula is C14H24N4O. The molecule has 2 N–H and O–H groups in total. The van der Waals surface area contributed by atoms with Crippen LogP contribution in [0.1, 0.15) is 56.9 Å². The molecule has 0 aliphatic heterocycles. The van der Waals surface area contributed by atoms with Crippen LogP contribution in [0.15, 0.2) is 12.1 Å². The van der Waals surface area contributed by atoms with E-state index in [0.717, 1.165) is 25.2 Å². The van der Waals surface area contributed by atoms with Gasteiger partial charge in [-0.15, -0.1) is 10.2 Å². The number of hydrogen-bond donors (Lipinski definition) is 2. The Hall–Kier alpha value is -1.65. The maximum Gasteiger partial charge on any atom is 0.272 e. The number of amides is 1. The van der Waals surface area contributed by atoms with Crippen LogP contribution < -0.4 is 10.6 Å². The van der Waals surface area contributed by atoms with Gasteiger partial charge in [0.05, 0.1) is 0 Å². The van der Waals surface area contributed by atoms with Gasteiger partial charge in [-0.05, 0) is 31.9 Å². The Morgan fingerprint density at radius 1 is 1.26 bits per heavy atom. The third-order valence-electron chi connectivity index (χ3n) is 2.97. The molecule has 1 amide bonds. The van der Waals surface area contributed by atoms with Gasteiger partial charge in [0, 0.05) is 12.6 Å². The number of carbonyl (C=O) groups excluding carboxylic acids is 1. The van der Waals surface area contributed by atoms with E-state index < -0.39 is 0 Å². The molecule has 0 aromatic carbocycles. The number of nitrogens with one attached hydrogen (secondary N) is 2. The Morgan fingerprint density at radius 3 is 2.63 bits per heavy atom. The molecule has 0 fully saturated rings. The van der Waals surface area contributed by atoms with Crippen molar-refractivity contribution in [2.75, 3.05) is 11.9 Å². The summed E-state index contributed by atoms with van der Waals surface area (Å²) in [5.74, 6) is 0.551. The van der Waals surface area contributed by atoms with E-state index in [9.17, 15) is 4.79 Å². The van der Waals surface area contributed by atoms with E-state index >= 15 is 0 Å². The van der Waals surface area contributed by atoms with Gasteiger partial charge in [-0.2, -0.15) is 0 Å². The summed E-state index contributed by atoms with van der Waals surface area (Å²) in [6.07, 6.45) is 4.42. The van der Waals surface area contributed by atoms with Crippen molar-refractivity contribution in [3.05, 3.63) is 17.8 Å². The van der Waals surface area contributed by atoms with Crippen molar-refractivity contribution in [2.24, 2.45) is 0 Å². The predicted molar refractivity (Wildman–Crippen MR) is 77.3 cm³/mol. The van der Waals surface area contributed by atoms with Gasteiger partial charge in [0.15, 0.2) is 5.69 Å². The first kappa shape index (κ1) is 15.4. The van der Waals surface area contributed by atoms with Gasteiger partial charge in [-0.3, -0.25) is 4.79 Å². The van der Waals surface area contributed by atoms with Crippen molar-refractivity contribution in [1.29, 1.82) is 0 Å². The highest BCUT2D eigenvalue weighted by atomic mass is 16.2. The number of aromatic nitrogens is 2. The van der Waals surface area contributed by atoms with E-state index in [1.165, 1.54) is 12.8 Å². The minimum Gasteiger partial charge on any atom is -0.369 e. The lowest BCUT2D eigenvalue weighted by Crippen LogP contribution is -2.32. The lowest BCUT2D eigenvalue weighted by Gasteiger charge is -2.10. The first-order valence-corrected chi connectivity index (χ1v) is 7.05. The fourth-order valence-corrected chi connectivity index (χ4v) is 1.54. The molecular weight excluding hydrogens is 240 g/mol. The molecule has 5 nitrogen and oxygen atoms in total. The third kappa shape index (κ3) is 5.68. The summed E-state index contributed by atoms with van der Waals surface area (Å²) in [5, 5.41) is 14.0. The Morgan fingerprint density at radius 2 is 2.05 bits per heavy atom. The van der Waals surface area contributed by atoms with Crippen LogP contribution in [-0.2, 0) is 0 Å². The molecule has 1 aromatic rings. The summed E-state index contributed by atoms with van der Waals surface area (Å²) in [6, 6.07) is 3.65. The standard InChI is InChI=1S/C14H24N4O/c1-4-6-7-10-15-13-9-8-12(17-18-13)14(19)16-11(3)5-2/h8-9,11H,4-7,10H2,1-3H3,(H,15,18)(H,16,19). The van der Waals surface area contributed by atoms with Crippen molar-refractivity contribution >= 4 is 11.7 Å². The summed E-state index contributed by atoms with van der Waals surface area (Å²) >= 11 is 0. The van der Waals surface area contributed by atoms with Crippen LogP contribution in [0, 0.1) is 0 Å². The molecule has 1 heterocycles. The van der Waals surface area contributed by atoms with Crippen LogP contribution in [-0.4, -0.2) is 28.7 Å². The smallest absolute Gasteiger partial charge is 0.272 e. The molecule has 0 bridgehead atoms. The van der Waals surface area contributed by atoms with Crippen molar-refractivity contribution in [3.63, 3.8) is 0 Å². The highest BCUT2D eigenvalue weighted by Gasteiger charge is 2.10. The van der Waals surface area contributed by atoms with E-state index in [0.29, 0.717) is 5.69 Å². The second-order valence-electron chi connectivity index (χ2n) is 4.72. The summed E-state index contributed by atoms with van der Waals surface area (Å²) in [4.78, 5) is 11.8. The normalized spacial score (nSPS) is 11.9. The number of anilines is 1. The molecule has 1 atom stereocenters. The number of rotatable bonds is 8. The monoisotopic (exact) mass is 264 g/mol. The lowest BCUT2D eigenvalue weighted by molar-refractivity contribution is 0.0933. The van der Waals surface area contributed by atoms with E-state index in [1.54, 1.807) is 12.1 Å². The fourth-order valence-electron chi connectivity index (χ4n) is 1.54.